The Labute approximate surface area is 63.1 Å². The minimum atomic E-state index is -0.182. The van der Waals surface area contributed by atoms with Gasteiger partial charge in [0.2, 0.25) is 0 Å². The predicted molar refractivity (Wildman–Crippen MR) is 42.4 cm³/mol. The summed E-state index contributed by atoms with van der Waals surface area (Å²) in [5.74, 6) is 0. The maximum atomic E-state index is 10.7. The van der Waals surface area contributed by atoms with Crippen LogP contribution in [0.25, 0.3) is 0 Å². The maximum Gasteiger partial charge on any atom is 0.319 e. The zero-order chi connectivity index (χ0) is 7.40. The number of amides is 2. The Kier molecular flexibility index (Phi) is 2.28. The zero-order valence-corrected chi connectivity index (χ0v) is 6.37. The molecular formula is C6H8N2OS. The Morgan fingerprint density at radius 1 is 1.70 bits per heavy atom. The topological polar surface area (TPSA) is 41.1 Å². The number of hydrogen-bond donors (Lipinski definition) is 2. The molecule has 2 amide bonds. The van der Waals surface area contributed by atoms with Gasteiger partial charge in [-0.2, -0.15) is 11.3 Å². The zero-order valence-electron chi connectivity index (χ0n) is 5.55. The van der Waals surface area contributed by atoms with Crippen molar-refractivity contribution in [3.05, 3.63) is 16.8 Å². The Bertz CT molecular complexity index is 208. The smallest absolute Gasteiger partial charge is 0.319 e. The molecule has 1 heterocycles. The van der Waals surface area contributed by atoms with Gasteiger partial charge in [0.1, 0.15) is 0 Å². The van der Waals surface area contributed by atoms with Crippen molar-refractivity contribution in [3.63, 3.8) is 0 Å². The van der Waals surface area contributed by atoms with Crippen LogP contribution in [0.15, 0.2) is 16.8 Å². The molecule has 54 valence electrons. The van der Waals surface area contributed by atoms with Crippen molar-refractivity contribution < 1.29 is 4.79 Å². The van der Waals surface area contributed by atoms with Crippen LogP contribution in [0.1, 0.15) is 0 Å². The van der Waals surface area contributed by atoms with E-state index in [2.05, 4.69) is 10.6 Å². The largest absolute Gasteiger partial charge is 0.341 e. The first-order chi connectivity index (χ1) is 4.83. The van der Waals surface area contributed by atoms with Gasteiger partial charge in [-0.05, 0) is 11.4 Å². The normalized spacial score (nSPS) is 8.90. The number of carbonyl (C=O) groups is 1. The first-order valence-corrected chi connectivity index (χ1v) is 3.78. The summed E-state index contributed by atoms with van der Waals surface area (Å²) in [6.45, 7) is 0. The van der Waals surface area contributed by atoms with Gasteiger partial charge in [-0.15, -0.1) is 0 Å². The third kappa shape index (κ3) is 1.73. The minimum absolute atomic E-state index is 0.182. The maximum absolute atomic E-state index is 10.7. The van der Waals surface area contributed by atoms with E-state index < -0.39 is 0 Å². The average Bonchev–Trinajstić information content (AvgIpc) is 2.40. The fraction of sp³-hybridized carbons (Fsp3) is 0.167. The molecule has 1 rings (SSSR count). The van der Waals surface area contributed by atoms with Gasteiger partial charge in [-0.3, -0.25) is 0 Å². The van der Waals surface area contributed by atoms with Crippen LogP contribution >= 0.6 is 11.3 Å². The highest BCUT2D eigenvalue weighted by Crippen LogP contribution is 2.10. The SMILES string of the molecule is CNC(=O)Nc1ccsc1. The average molecular weight is 156 g/mol. The molecule has 0 aromatic carbocycles. The van der Waals surface area contributed by atoms with Crippen molar-refractivity contribution >= 4 is 23.1 Å². The first kappa shape index (κ1) is 7.08. The number of thiophene rings is 1. The van der Waals surface area contributed by atoms with Crippen LogP contribution in [0.4, 0.5) is 10.5 Å². The molecule has 1 aromatic rings. The summed E-state index contributed by atoms with van der Waals surface area (Å²) in [4.78, 5) is 10.7. The summed E-state index contributed by atoms with van der Waals surface area (Å²) >= 11 is 1.55. The number of urea groups is 1. The lowest BCUT2D eigenvalue weighted by Crippen LogP contribution is -2.24. The van der Waals surface area contributed by atoms with Crippen LogP contribution in [0.2, 0.25) is 0 Å². The number of carbonyl (C=O) groups excluding carboxylic acids is 1. The van der Waals surface area contributed by atoms with Gasteiger partial charge in [0, 0.05) is 12.4 Å². The van der Waals surface area contributed by atoms with E-state index >= 15 is 0 Å². The van der Waals surface area contributed by atoms with E-state index in [0.717, 1.165) is 5.69 Å². The van der Waals surface area contributed by atoms with Crippen LogP contribution in [0.3, 0.4) is 0 Å². The van der Waals surface area contributed by atoms with Gasteiger partial charge in [0.15, 0.2) is 0 Å². The second-order valence-corrected chi connectivity index (χ2v) is 2.50. The van der Waals surface area contributed by atoms with E-state index in [1.165, 1.54) is 0 Å². The molecule has 0 fully saturated rings. The first-order valence-electron chi connectivity index (χ1n) is 2.84. The van der Waals surface area contributed by atoms with Gasteiger partial charge < -0.3 is 10.6 Å². The van der Waals surface area contributed by atoms with Crippen molar-refractivity contribution in [2.24, 2.45) is 0 Å². The van der Waals surface area contributed by atoms with Gasteiger partial charge in [-0.1, -0.05) is 0 Å². The Morgan fingerprint density at radius 2 is 2.50 bits per heavy atom. The summed E-state index contributed by atoms with van der Waals surface area (Å²) in [7, 11) is 1.59. The standard InChI is InChI=1S/C6H8N2OS/c1-7-6(9)8-5-2-3-10-4-5/h2-4H,1H3,(H2,7,8,9). The Balaban J connectivity index is 2.48. The van der Waals surface area contributed by atoms with Crippen LogP contribution in [-0.4, -0.2) is 13.1 Å². The molecule has 0 saturated carbocycles. The fourth-order valence-corrected chi connectivity index (χ4v) is 1.12. The number of nitrogens with one attached hydrogen (secondary N) is 2. The fourth-order valence-electron chi connectivity index (χ4n) is 0.529. The highest BCUT2D eigenvalue weighted by atomic mass is 32.1. The van der Waals surface area contributed by atoms with Crippen molar-refractivity contribution in [1.29, 1.82) is 0 Å². The van der Waals surface area contributed by atoms with E-state index in [0.29, 0.717) is 0 Å². The Morgan fingerprint density at radius 3 is 3.00 bits per heavy atom. The monoisotopic (exact) mass is 156 g/mol. The van der Waals surface area contributed by atoms with Crippen molar-refractivity contribution in [3.8, 4) is 0 Å². The molecule has 0 atom stereocenters. The van der Waals surface area contributed by atoms with E-state index in [4.69, 9.17) is 0 Å². The molecule has 0 aliphatic carbocycles. The quantitative estimate of drug-likeness (QED) is 0.635. The lowest BCUT2D eigenvalue weighted by molar-refractivity contribution is 0.254. The number of anilines is 1. The highest BCUT2D eigenvalue weighted by Gasteiger charge is 1.95. The van der Waals surface area contributed by atoms with Crippen molar-refractivity contribution in [2.45, 2.75) is 0 Å². The lowest BCUT2D eigenvalue weighted by Gasteiger charge is -1.98. The molecule has 0 unspecified atom stereocenters. The molecule has 0 aliphatic rings. The van der Waals surface area contributed by atoms with Gasteiger partial charge in [0.25, 0.3) is 0 Å². The van der Waals surface area contributed by atoms with Crippen LogP contribution < -0.4 is 10.6 Å². The minimum Gasteiger partial charge on any atom is -0.341 e. The van der Waals surface area contributed by atoms with E-state index in [9.17, 15) is 4.79 Å². The molecular weight excluding hydrogens is 148 g/mol. The van der Waals surface area contributed by atoms with E-state index in [-0.39, 0.29) is 6.03 Å². The summed E-state index contributed by atoms with van der Waals surface area (Å²) in [5, 5.41) is 8.87. The third-order valence-electron chi connectivity index (χ3n) is 1.01. The molecule has 0 spiro atoms. The number of rotatable bonds is 1. The second-order valence-electron chi connectivity index (χ2n) is 1.72. The second kappa shape index (κ2) is 3.22. The van der Waals surface area contributed by atoms with Crippen molar-refractivity contribution in [2.75, 3.05) is 12.4 Å². The van der Waals surface area contributed by atoms with E-state index in [1.54, 1.807) is 18.4 Å². The molecule has 0 saturated heterocycles. The Hall–Kier alpha value is -1.03. The molecule has 2 N–H and O–H groups in total. The molecule has 0 radical (unpaired) electrons. The predicted octanol–water partition coefficient (Wildman–Crippen LogP) is 1.50. The van der Waals surface area contributed by atoms with Gasteiger partial charge in [0.05, 0.1) is 5.69 Å². The molecule has 1 aromatic heterocycles. The molecule has 3 nitrogen and oxygen atoms in total. The summed E-state index contributed by atoms with van der Waals surface area (Å²) in [6.07, 6.45) is 0. The molecule has 4 heteroatoms. The molecule has 0 aliphatic heterocycles. The van der Waals surface area contributed by atoms with Gasteiger partial charge in [-0.25, -0.2) is 4.79 Å². The van der Waals surface area contributed by atoms with Gasteiger partial charge >= 0.3 is 6.03 Å². The summed E-state index contributed by atoms with van der Waals surface area (Å²) in [6, 6.07) is 1.67. The highest BCUT2D eigenvalue weighted by molar-refractivity contribution is 7.08. The number of hydrogen-bond acceptors (Lipinski definition) is 2. The third-order valence-corrected chi connectivity index (χ3v) is 1.69. The lowest BCUT2D eigenvalue weighted by atomic mass is 10.5. The van der Waals surface area contributed by atoms with Crippen LogP contribution in [-0.2, 0) is 0 Å². The molecule has 10 heavy (non-hydrogen) atoms. The van der Waals surface area contributed by atoms with Crippen LogP contribution in [0, 0.1) is 0 Å². The summed E-state index contributed by atoms with van der Waals surface area (Å²) < 4.78 is 0. The van der Waals surface area contributed by atoms with E-state index in [1.807, 2.05) is 16.8 Å². The summed E-state index contributed by atoms with van der Waals surface area (Å²) in [5.41, 5.74) is 0.837. The molecule has 0 bridgehead atoms. The van der Waals surface area contributed by atoms with Crippen LogP contribution in [0.5, 0.6) is 0 Å². The van der Waals surface area contributed by atoms with Crippen molar-refractivity contribution in [1.82, 2.24) is 5.32 Å².